The molecule has 3 rings (SSSR count). The molecule has 24 heavy (non-hydrogen) atoms. The molecular formula is C16H14O8. The standard InChI is InChI=1S/C16H14O8/c1-23-16-9(19)5-10-11(13(16)21)12(20)14(22)15(24-10)6-2-3-7(17)8(18)4-6/h2-5,14-15,17-19,21-22H,1H3. The Morgan fingerprint density at radius 3 is 2.38 bits per heavy atom. The van der Waals surface area contributed by atoms with Crippen LogP contribution in [0.25, 0.3) is 0 Å². The van der Waals surface area contributed by atoms with E-state index in [0.717, 1.165) is 12.1 Å². The highest BCUT2D eigenvalue weighted by molar-refractivity contribution is 6.06. The Balaban J connectivity index is 2.11. The van der Waals surface area contributed by atoms with Crippen molar-refractivity contribution in [2.45, 2.75) is 12.2 Å². The number of ketones is 1. The van der Waals surface area contributed by atoms with E-state index in [1.54, 1.807) is 0 Å². The number of carbonyl (C=O) groups excluding carboxylic acids is 1. The van der Waals surface area contributed by atoms with Gasteiger partial charge >= 0.3 is 0 Å². The highest BCUT2D eigenvalue weighted by Crippen LogP contribution is 2.48. The van der Waals surface area contributed by atoms with E-state index in [9.17, 15) is 30.3 Å². The van der Waals surface area contributed by atoms with Crippen LogP contribution in [0.1, 0.15) is 22.0 Å². The zero-order chi connectivity index (χ0) is 17.6. The number of rotatable bonds is 2. The summed E-state index contributed by atoms with van der Waals surface area (Å²) in [5.41, 5.74) is -0.0806. The van der Waals surface area contributed by atoms with Gasteiger partial charge in [-0.25, -0.2) is 0 Å². The Labute approximate surface area is 135 Å². The number of phenols is 4. The van der Waals surface area contributed by atoms with Crippen LogP contribution < -0.4 is 9.47 Å². The Kier molecular flexibility index (Phi) is 3.61. The summed E-state index contributed by atoms with van der Waals surface area (Å²) in [6.45, 7) is 0. The number of ether oxygens (including phenoxy) is 2. The van der Waals surface area contributed by atoms with E-state index in [1.165, 1.54) is 19.2 Å². The zero-order valence-corrected chi connectivity index (χ0v) is 12.4. The summed E-state index contributed by atoms with van der Waals surface area (Å²) in [5.74, 6) is -3.16. The van der Waals surface area contributed by atoms with Gasteiger partial charge in [-0.15, -0.1) is 0 Å². The van der Waals surface area contributed by atoms with Crippen molar-refractivity contribution in [2.75, 3.05) is 7.11 Å². The molecular weight excluding hydrogens is 320 g/mol. The van der Waals surface area contributed by atoms with Crippen LogP contribution in [0, 0.1) is 0 Å². The van der Waals surface area contributed by atoms with E-state index >= 15 is 0 Å². The highest BCUT2D eigenvalue weighted by Gasteiger charge is 2.40. The summed E-state index contributed by atoms with van der Waals surface area (Å²) in [6.07, 6.45) is -2.86. The summed E-state index contributed by atoms with van der Waals surface area (Å²) in [7, 11) is 1.20. The number of phenolic OH excluding ortho intramolecular Hbond substituents is 4. The predicted molar refractivity (Wildman–Crippen MR) is 79.8 cm³/mol. The van der Waals surface area contributed by atoms with Crippen LogP contribution in [-0.4, -0.2) is 44.5 Å². The minimum Gasteiger partial charge on any atom is -0.504 e. The van der Waals surface area contributed by atoms with Crippen LogP contribution in [0.15, 0.2) is 24.3 Å². The SMILES string of the molecule is COc1c(O)cc2c(c1O)C(=O)C(O)C(c1ccc(O)c(O)c1)O2. The summed E-state index contributed by atoms with van der Waals surface area (Å²) in [6, 6.07) is 4.78. The van der Waals surface area contributed by atoms with Crippen molar-refractivity contribution < 1.29 is 39.8 Å². The molecule has 0 radical (unpaired) electrons. The fourth-order valence-electron chi connectivity index (χ4n) is 2.60. The molecule has 0 aliphatic carbocycles. The lowest BCUT2D eigenvalue weighted by molar-refractivity contribution is 0.0208. The normalized spacial score (nSPS) is 19.5. The fraction of sp³-hybridized carbons (Fsp3) is 0.188. The molecule has 126 valence electrons. The van der Waals surface area contributed by atoms with E-state index in [0.29, 0.717) is 0 Å². The van der Waals surface area contributed by atoms with Crippen molar-refractivity contribution in [3.63, 3.8) is 0 Å². The number of carbonyl (C=O) groups is 1. The third kappa shape index (κ3) is 2.24. The predicted octanol–water partition coefficient (Wildman–Crippen LogP) is 1.19. The molecule has 8 nitrogen and oxygen atoms in total. The molecule has 8 heteroatoms. The molecule has 0 fully saturated rings. The van der Waals surface area contributed by atoms with Crippen molar-refractivity contribution in [1.82, 2.24) is 0 Å². The van der Waals surface area contributed by atoms with E-state index in [-0.39, 0.29) is 28.4 Å². The Hall–Kier alpha value is -3.13. The molecule has 2 aromatic carbocycles. The quantitative estimate of drug-likeness (QED) is 0.517. The molecule has 1 aliphatic heterocycles. The zero-order valence-electron chi connectivity index (χ0n) is 12.4. The number of aromatic hydroxyl groups is 4. The topological polar surface area (TPSA) is 137 Å². The number of fused-ring (bicyclic) bond motifs is 1. The van der Waals surface area contributed by atoms with Gasteiger partial charge in [-0.05, 0) is 17.7 Å². The molecule has 1 aliphatic rings. The number of benzene rings is 2. The van der Waals surface area contributed by atoms with Crippen LogP contribution >= 0.6 is 0 Å². The summed E-state index contributed by atoms with van der Waals surface area (Å²) >= 11 is 0. The van der Waals surface area contributed by atoms with Crippen molar-refractivity contribution >= 4 is 5.78 Å². The van der Waals surface area contributed by atoms with E-state index in [2.05, 4.69) is 0 Å². The third-order valence-electron chi connectivity index (χ3n) is 3.79. The molecule has 0 spiro atoms. The van der Waals surface area contributed by atoms with Gasteiger partial charge in [-0.1, -0.05) is 6.07 Å². The number of aliphatic hydroxyl groups is 1. The highest BCUT2D eigenvalue weighted by atomic mass is 16.5. The Bertz CT molecular complexity index is 829. The second-order valence-corrected chi connectivity index (χ2v) is 5.25. The maximum absolute atomic E-state index is 12.4. The molecule has 2 atom stereocenters. The van der Waals surface area contributed by atoms with Crippen LogP contribution in [0.5, 0.6) is 34.5 Å². The third-order valence-corrected chi connectivity index (χ3v) is 3.79. The second kappa shape index (κ2) is 5.50. The maximum Gasteiger partial charge on any atom is 0.203 e. The monoisotopic (exact) mass is 334 g/mol. The van der Waals surface area contributed by atoms with Crippen molar-refractivity contribution in [3.05, 3.63) is 35.4 Å². The smallest absolute Gasteiger partial charge is 0.203 e. The van der Waals surface area contributed by atoms with Crippen molar-refractivity contribution in [2.24, 2.45) is 0 Å². The van der Waals surface area contributed by atoms with Gasteiger partial charge in [0.25, 0.3) is 0 Å². The molecule has 0 amide bonds. The van der Waals surface area contributed by atoms with Gasteiger partial charge in [0, 0.05) is 6.07 Å². The number of hydrogen-bond acceptors (Lipinski definition) is 8. The molecule has 2 unspecified atom stereocenters. The first-order chi connectivity index (χ1) is 11.3. The van der Waals surface area contributed by atoms with Crippen molar-refractivity contribution in [3.8, 4) is 34.5 Å². The minimum absolute atomic E-state index is 0.140. The summed E-state index contributed by atoms with van der Waals surface area (Å²) < 4.78 is 10.3. The summed E-state index contributed by atoms with van der Waals surface area (Å²) in [5, 5.41) is 49.0. The number of aliphatic hydroxyl groups excluding tert-OH is 1. The van der Waals surface area contributed by atoms with Crippen molar-refractivity contribution in [1.29, 1.82) is 0 Å². The van der Waals surface area contributed by atoms with Gasteiger partial charge in [0.2, 0.25) is 11.5 Å². The van der Waals surface area contributed by atoms with E-state index < -0.39 is 35.2 Å². The van der Waals surface area contributed by atoms with Crippen LogP contribution in [0.4, 0.5) is 0 Å². The lowest BCUT2D eigenvalue weighted by atomic mass is 9.92. The van der Waals surface area contributed by atoms with Gasteiger partial charge < -0.3 is 35.0 Å². The second-order valence-electron chi connectivity index (χ2n) is 5.25. The van der Waals surface area contributed by atoms with Gasteiger partial charge in [0.15, 0.2) is 35.2 Å². The summed E-state index contributed by atoms with van der Waals surface area (Å²) in [4.78, 5) is 12.4. The first-order valence-corrected chi connectivity index (χ1v) is 6.89. The molecule has 2 aromatic rings. The average molecular weight is 334 g/mol. The lowest BCUT2D eigenvalue weighted by Crippen LogP contribution is -2.36. The maximum atomic E-state index is 12.4. The van der Waals surface area contributed by atoms with E-state index in [4.69, 9.17) is 9.47 Å². The van der Waals surface area contributed by atoms with Gasteiger partial charge in [-0.2, -0.15) is 0 Å². The minimum atomic E-state index is -1.67. The molecule has 1 heterocycles. The molecule has 0 aromatic heterocycles. The Morgan fingerprint density at radius 2 is 1.75 bits per heavy atom. The number of methoxy groups -OCH3 is 1. The number of hydrogen-bond donors (Lipinski definition) is 5. The first-order valence-electron chi connectivity index (χ1n) is 6.89. The van der Waals surface area contributed by atoms with Gasteiger partial charge in [-0.3, -0.25) is 4.79 Å². The molecule has 0 bridgehead atoms. The van der Waals surface area contributed by atoms with Crippen LogP contribution in [-0.2, 0) is 0 Å². The van der Waals surface area contributed by atoms with Crippen LogP contribution in [0.2, 0.25) is 0 Å². The number of Topliss-reactive ketones (excluding diaryl/α,β-unsaturated/α-hetero) is 1. The molecule has 0 saturated heterocycles. The molecule has 5 N–H and O–H groups in total. The van der Waals surface area contributed by atoms with E-state index in [1.807, 2.05) is 0 Å². The fourth-order valence-corrected chi connectivity index (χ4v) is 2.60. The Morgan fingerprint density at radius 1 is 1.04 bits per heavy atom. The largest absolute Gasteiger partial charge is 0.504 e. The van der Waals surface area contributed by atoms with Crippen LogP contribution in [0.3, 0.4) is 0 Å². The first kappa shape index (κ1) is 15.8. The lowest BCUT2D eigenvalue weighted by Gasteiger charge is -2.30. The van der Waals surface area contributed by atoms with Gasteiger partial charge in [0.05, 0.1) is 7.11 Å². The average Bonchev–Trinajstić information content (AvgIpc) is 2.53. The van der Waals surface area contributed by atoms with Gasteiger partial charge in [0.1, 0.15) is 11.3 Å². The molecule has 0 saturated carbocycles.